The molecule has 5 nitrogen and oxygen atoms in total. The third-order valence-electron chi connectivity index (χ3n) is 21.9. The molecule has 2 aliphatic carbocycles. The van der Waals surface area contributed by atoms with Gasteiger partial charge in [0, 0.05) is 76.9 Å². The smallest absolute Gasteiger partial charge is 0.160 e. The van der Waals surface area contributed by atoms with E-state index in [9.17, 15) is 0 Å². The number of benzene rings is 14. The Morgan fingerprint density at radius 3 is 0.980 bits per heavy atom. The highest BCUT2D eigenvalue weighted by molar-refractivity contribution is 6.14. The largest absolute Gasteiger partial charge is 0.309 e. The van der Waals surface area contributed by atoms with Crippen LogP contribution in [-0.4, -0.2) is 23.7 Å². The highest BCUT2D eigenvalue weighted by Crippen LogP contribution is 2.52. The average Bonchev–Trinajstić information content (AvgIpc) is 1.56. The van der Waals surface area contributed by atoms with Gasteiger partial charge in [-0.1, -0.05) is 258 Å². The standard InChI is InChI=1S/C94H65N5/c1-93(2)80-27-15-11-23-70(80)72-49-43-68(55-82(72)93)98-86-29-17-13-25-74(86)76-45-37-65(53-90(76)98)63-39-47-78-79-48-40-64(66-38-46-77-75-26-14-18-30-87(75)99(91(77)54-66)69-44-50-73-71-24-12-16-28-81(71)94(3,4)83(73)56-69)52-89(79)97(88(78)51-63)67-41-35-62(36-42-67)92-95-84(60-21-9-6-10-22-60)57-85(96-92)61-33-31-59(32-34-61)58-19-7-5-8-20-58/h5-57H,1-4H3. The van der Waals surface area contributed by atoms with Crippen molar-refractivity contribution in [3.05, 3.63) is 344 Å². The normalized spacial score (nSPS) is 13.4. The van der Waals surface area contributed by atoms with Gasteiger partial charge in [0.15, 0.2) is 5.82 Å². The molecule has 0 fully saturated rings. The number of rotatable bonds is 9. The van der Waals surface area contributed by atoms with E-state index in [1.165, 1.54) is 104 Å². The maximum absolute atomic E-state index is 5.34. The van der Waals surface area contributed by atoms with Crippen LogP contribution in [0.25, 0.3) is 172 Å². The fraction of sp³-hybridized carbons (Fsp3) is 0.0638. The second kappa shape index (κ2) is 21.5. The van der Waals surface area contributed by atoms with Gasteiger partial charge < -0.3 is 13.7 Å². The lowest BCUT2D eigenvalue weighted by Crippen LogP contribution is -2.15. The van der Waals surface area contributed by atoms with Crippen LogP contribution in [0.15, 0.2) is 322 Å². The molecule has 0 unspecified atom stereocenters. The van der Waals surface area contributed by atoms with E-state index in [2.05, 4.69) is 363 Å². The molecule has 0 saturated carbocycles. The van der Waals surface area contributed by atoms with Crippen molar-refractivity contribution in [2.24, 2.45) is 0 Å². The zero-order valence-electron chi connectivity index (χ0n) is 55.3. The van der Waals surface area contributed by atoms with E-state index < -0.39 is 0 Å². The summed E-state index contributed by atoms with van der Waals surface area (Å²) in [6.07, 6.45) is 0. The number of hydrogen-bond donors (Lipinski definition) is 0. The summed E-state index contributed by atoms with van der Waals surface area (Å²) in [4.78, 5) is 10.7. The van der Waals surface area contributed by atoms with Crippen LogP contribution in [0.5, 0.6) is 0 Å². The van der Waals surface area contributed by atoms with Crippen LogP contribution in [0.4, 0.5) is 0 Å². The second-order valence-electron chi connectivity index (χ2n) is 28.1. The first-order chi connectivity index (χ1) is 48.6. The van der Waals surface area contributed by atoms with Gasteiger partial charge in [0.25, 0.3) is 0 Å². The third-order valence-corrected chi connectivity index (χ3v) is 21.9. The molecule has 0 amide bonds. The van der Waals surface area contributed by atoms with E-state index in [4.69, 9.17) is 9.97 Å². The zero-order valence-corrected chi connectivity index (χ0v) is 55.3. The van der Waals surface area contributed by atoms with E-state index in [0.717, 1.165) is 84.0 Å². The average molecular weight is 1260 g/mol. The summed E-state index contributed by atoms with van der Waals surface area (Å²) in [6.45, 7) is 9.47. The lowest BCUT2D eigenvalue weighted by molar-refractivity contribution is 0.660. The van der Waals surface area contributed by atoms with Gasteiger partial charge in [-0.2, -0.15) is 0 Å². The third kappa shape index (κ3) is 8.73. The number of fused-ring (bicyclic) bond motifs is 15. The topological polar surface area (TPSA) is 40.6 Å². The fourth-order valence-electron chi connectivity index (χ4n) is 16.9. The first kappa shape index (κ1) is 56.9. The second-order valence-corrected chi connectivity index (χ2v) is 28.1. The van der Waals surface area contributed by atoms with E-state index in [0.29, 0.717) is 5.82 Å². The Balaban J connectivity index is 0.750. The van der Waals surface area contributed by atoms with E-state index in [1.807, 2.05) is 0 Å². The molecule has 0 aliphatic heterocycles. The minimum absolute atomic E-state index is 0.133. The quantitative estimate of drug-likeness (QED) is 0.144. The van der Waals surface area contributed by atoms with Crippen molar-refractivity contribution < 1.29 is 0 Å². The molecule has 0 spiro atoms. The van der Waals surface area contributed by atoms with Gasteiger partial charge in [0.1, 0.15) is 0 Å². The van der Waals surface area contributed by atoms with Gasteiger partial charge in [-0.25, -0.2) is 9.97 Å². The van der Waals surface area contributed by atoms with Crippen molar-refractivity contribution in [2.45, 2.75) is 38.5 Å². The van der Waals surface area contributed by atoms with Crippen LogP contribution in [0.3, 0.4) is 0 Å². The minimum atomic E-state index is -0.133. The Bertz CT molecular complexity index is 6100. The summed E-state index contributed by atoms with van der Waals surface area (Å²) in [5.41, 5.74) is 32.5. The van der Waals surface area contributed by atoms with Crippen molar-refractivity contribution in [3.8, 4) is 107 Å². The molecule has 0 radical (unpaired) electrons. The molecular formula is C94H65N5. The predicted octanol–water partition coefficient (Wildman–Crippen LogP) is 24.4. The zero-order chi connectivity index (χ0) is 65.8. The van der Waals surface area contributed by atoms with E-state index in [-0.39, 0.29) is 10.8 Å². The van der Waals surface area contributed by atoms with Gasteiger partial charge in [0.2, 0.25) is 0 Å². The molecule has 2 aliphatic rings. The molecule has 0 saturated heterocycles. The summed E-state index contributed by atoms with van der Waals surface area (Å²) in [7, 11) is 0. The van der Waals surface area contributed by atoms with Crippen molar-refractivity contribution in [3.63, 3.8) is 0 Å². The van der Waals surface area contributed by atoms with Crippen molar-refractivity contribution in [1.82, 2.24) is 23.7 Å². The molecule has 20 rings (SSSR count). The Kier molecular flexibility index (Phi) is 12.4. The molecule has 4 aromatic heterocycles. The Hall–Kier alpha value is -12.4. The molecule has 0 atom stereocenters. The van der Waals surface area contributed by atoms with Crippen molar-refractivity contribution in [2.75, 3.05) is 0 Å². The van der Waals surface area contributed by atoms with Gasteiger partial charge >= 0.3 is 0 Å². The molecule has 0 bridgehead atoms. The molecule has 5 heteroatoms. The maximum atomic E-state index is 5.34. The number of para-hydroxylation sites is 2. The monoisotopic (exact) mass is 1260 g/mol. The molecular weight excluding hydrogens is 1200 g/mol. The van der Waals surface area contributed by atoms with E-state index >= 15 is 0 Å². The minimum Gasteiger partial charge on any atom is -0.309 e. The molecule has 18 aromatic rings. The Morgan fingerprint density at radius 2 is 0.525 bits per heavy atom. The fourth-order valence-corrected chi connectivity index (χ4v) is 16.9. The van der Waals surface area contributed by atoms with Gasteiger partial charge in [-0.15, -0.1) is 0 Å². The summed E-state index contributed by atoms with van der Waals surface area (Å²) in [5, 5.41) is 7.30. The van der Waals surface area contributed by atoms with Crippen LogP contribution >= 0.6 is 0 Å². The first-order valence-electron chi connectivity index (χ1n) is 34.4. The SMILES string of the molecule is CC1(C)c2ccccc2-c2ccc(-n3c4ccccc4c4ccc(-c5ccc6c7ccc(-c8ccc9c%10ccccc%10n(-c%10ccc%11c(c%10)C(C)(C)c%10ccccc%10-%11)c9c8)cc7n(-c7ccc(-c8nc(-c9ccccc9)cc(-c9ccc(-c%10ccccc%10)cc9)n8)cc7)c6c5)cc43)cc21. The molecule has 466 valence electrons. The summed E-state index contributed by atoms with van der Waals surface area (Å²) in [5.74, 6) is 0.667. The van der Waals surface area contributed by atoms with Crippen LogP contribution < -0.4 is 0 Å². The van der Waals surface area contributed by atoms with E-state index in [1.54, 1.807) is 0 Å². The summed E-state index contributed by atoms with van der Waals surface area (Å²) >= 11 is 0. The molecule has 14 aromatic carbocycles. The Morgan fingerprint density at radius 1 is 0.212 bits per heavy atom. The lowest BCUT2D eigenvalue weighted by atomic mass is 9.82. The highest BCUT2D eigenvalue weighted by Gasteiger charge is 2.37. The molecule has 4 heterocycles. The van der Waals surface area contributed by atoms with Crippen LogP contribution in [0, 0.1) is 0 Å². The number of hydrogen-bond acceptors (Lipinski definition) is 2. The lowest BCUT2D eigenvalue weighted by Gasteiger charge is -2.22. The van der Waals surface area contributed by atoms with Crippen LogP contribution in [0.1, 0.15) is 49.9 Å². The Labute approximate surface area is 574 Å². The van der Waals surface area contributed by atoms with Crippen molar-refractivity contribution in [1.29, 1.82) is 0 Å². The van der Waals surface area contributed by atoms with Crippen LogP contribution in [0.2, 0.25) is 0 Å². The van der Waals surface area contributed by atoms with Crippen LogP contribution in [-0.2, 0) is 10.8 Å². The van der Waals surface area contributed by atoms with Gasteiger partial charge in [-0.05, 0) is 169 Å². The summed E-state index contributed by atoms with van der Waals surface area (Å²) < 4.78 is 7.44. The maximum Gasteiger partial charge on any atom is 0.160 e. The van der Waals surface area contributed by atoms with Gasteiger partial charge in [0.05, 0.1) is 44.5 Å². The van der Waals surface area contributed by atoms with Gasteiger partial charge in [-0.3, -0.25) is 0 Å². The summed E-state index contributed by atoms with van der Waals surface area (Å²) in [6, 6.07) is 119. The molecule has 99 heavy (non-hydrogen) atoms. The van der Waals surface area contributed by atoms with Crippen molar-refractivity contribution >= 4 is 65.4 Å². The molecule has 0 N–H and O–H groups in total. The first-order valence-corrected chi connectivity index (χ1v) is 34.4. The number of aromatic nitrogens is 5. The highest BCUT2D eigenvalue weighted by atomic mass is 15.0. The number of nitrogens with zero attached hydrogens (tertiary/aromatic N) is 5. The predicted molar refractivity (Wildman–Crippen MR) is 413 cm³/mol.